The summed E-state index contributed by atoms with van der Waals surface area (Å²) in [6.07, 6.45) is 1.76. The molecule has 4 heterocycles. The Morgan fingerprint density at radius 2 is 1.97 bits per heavy atom. The molecule has 1 fully saturated rings. The van der Waals surface area contributed by atoms with Crippen molar-refractivity contribution in [1.82, 2.24) is 28.7 Å². The van der Waals surface area contributed by atoms with Gasteiger partial charge in [-0.15, -0.1) is 10.2 Å². The summed E-state index contributed by atoms with van der Waals surface area (Å²) in [5.41, 5.74) is 4.20. The number of aromatic nitrogens is 6. The predicted molar refractivity (Wildman–Crippen MR) is 120 cm³/mol. The minimum atomic E-state index is -0.131. The first-order chi connectivity index (χ1) is 15.1. The molecule has 158 valence electrons. The van der Waals surface area contributed by atoms with E-state index in [1.165, 1.54) is 0 Å². The number of aryl methyl sites for hydroxylation is 2. The third-order valence-electron chi connectivity index (χ3n) is 5.52. The van der Waals surface area contributed by atoms with Gasteiger partial charge in [0.2, 0.25) is 5.91 Å². The van der Waals surface area contributed by atoms with Gasteiger partial charge in [0.05, 0.1) is 29.0 Å². The van der Waals surface area contributed by atoms with E-state index in [0.717, 1.165) is 59.4 Å². The Bertz CT molecular complexity index is 1230. The number of fused-ring (bicyclic) bond motifs is 1. The first-order valence-electron chi connectivity index (χ1n) is 10.2. The molecule has 9 nitrogen and oxygen atoms in total. The minimum Gasteiger partial charge on any atom is -0.354 e. The Kier molecular flexibility index (Phi) is 5.06. The number of hydrogen-bond donors (Lipinski definition) is 1. The fourth-order valence-electron chi connectivity index (χ4n) is 4.00. The normalized spacial score (nSPS) is 16.6. The van der Waals surface area contributed by atoms with E-state index in [2.05, 4.69) is 34.3 Å². The fraction of sp³-hybridized carbons (Fsp3) is 0.333. The Hall–Kier alpha value is -3.40. The van der Waals surface area contributed by atoms with Gasteiger partial charge in [-0.2, -0.15) is 13.8 Å². The Morgan fingerprint density at radius 3 is 2.74 bits per heavy atom. The molecule has 0 unspecified atom stereocenters. The first kappa shape index (κ1) is 19.6. The highest BCUT2D eigenvalue weighted by Crippen LogP contribution is 2.25. The Morgan fingerprint density at radius 1 is 1.13 bits per heavy atom. The summed E-state index contributed by atoms with van der Waals surface area (Å²) in [6.45, 7) is 5.40. The number of amides is 1. The molecule has 31 heavy (non-hydrogen) atoms. The van der Waals surface area contributed by atoms with Gasteiger partial charge >= 0.3 is 0 Å². The maximum Gasteiger partial charge on any atom is 0.229 e. The molecule has 10 heteroatoms. The van der Waals surface area contributed by atoms with Gasteiger partial charge in [0.15, 0.2) is 11.6 Å². The van der Waals surface area contributed by atoms with Crippen LogP contribution < -0.4 is 10.2 Å². The van der Waals surface area contributed by atoms with E-state index in [1.807, 2.05) is 50.2 Å². The smallest absolute Gasteiger partial charge is 0.229 e. The van der Waals surface area contributed by atoms with E-state index in [-0.39, 0.29) is 11.8 Å². The molecule has 0 bridgehead atoms. The topological polar surface area (TPSA) is 102 Å². The van der Waals surface area contributed by atoms with Crippen molar-refractivity contribution in [2.75, 3.05) is 23.3 Å². The largest absolute Gasteiger partial charge is 0.354 e. The van der Waals surface area contributed by atoms with Gasteiger partial charge in [-0.3, -0.25) is 4.79 Å². The van der Waals surface area contributed by atoms with Gasteiger partial charge in [0.25, 0.3) is 0 Å². The number of carbonyl (C=O) groups is 1. The molecular formula is C21H22N8OS. The third-order valence-corrected chi connectivity index (χ3v) is 6.07. The second-order valence-electron chi connectivity index (χ2n) is 7.80. The SMILES string of the molecule is Cc1cc(C)n(-c2ccc(N3CCC[C@@H](C(=O)Nc4cccc5nsnc45)C3)nn2)n1. The van der Waals surface area contributed by atoms with Crippen LogP contribution >= 0.6 is 11.7 Å². The van der Waals surface area contributed by atoms with E-state index >= 15 is 0 Å². The molecule has 0 aliphatic carbocycles. The van der Waals surface area contributed by atoms with Crippen LogP contribution in [0.5, 0.6) is 0 Å². The lowest BCUT2D eigenvalue weighted by Gasteiger charge is -2.32. The highest BCUT2D eigenvalue weighted by molar-refractivity contribution is 7.00. The quantitative estimate of drug-likeness (QED) is 0.526. The summed E-state index contributed by atoms with van der Waals surface area (Å²) in [5.74, 6) is 1.32. The Balaban J connectivity index is 1.29. The van der Waals surface area contributed by atoms with Gasteiger partial charge in [0, 0.05) is 18.8 Å². The van der Waals surface area contributed by atoms with Gasteiger partial charge < -0.3 is 10.2 Å². The highest BCUT2D eigenvalue weighted by Gasteiger charge is 2.27. The number of nitrogens with zero attached hydrogens (tertiary/aromatic N) is 7. The maximum absolute atomic E-state index is 13.0. The van der Waals surface area contributed by atoms with Crippen LogP contribution in [0.4, 0.5) is 11.5 Å². The van der Waals surface area contributed by atoms with Crippen molar-refractivity contribution in [3.05, 3.63) is 47.8 Å². The van der Waals surface area contributed by atoms with Gasteiger partial charge in [-0.25, -0.2) is 4.68 Å². The minimum absolute atomic E-state index is 0.00239. The monoisotopic (exact) mass is 434 g/mol. The van der Waals surface area contributed by atoms with E-state index in [1.54, 1.807) is 4.68 Å². The predicted octanol–water partition coefficient (Wildman–Crippen LogP) is 3.14. The molecule has 3 aromatic heterocycles. The van der Waals surface area contributed by atoms with E-state index in [0.29, 0.717) is 18.1 Å². The van der Waals surface area contributed by atoms with Crippen LogP contribution in [-0.4, -0.2) is 47.7 Å². The van der Waals surface area contributed by atoms with Crippen LogP contribution in [0.25, 0.3) is 16.9 Å². The second-order valence-corrected chi connectivity index (χ2v) is 8.33. The van der Waals surface area contributed by atoms with Crippen LogP contribution in [0.1, 0.15) is 24.2 Å². The van der Waals surface area contributed by atoms with Crippen molar-refractivity contribution < 1.29 is 4.79 Å². The molecule has 1 aliphatic rings. The van der Waals surface area contributed by atoms with Crippen molar-refractivity contribution in [2.24, 2.45) is 5.92 Å². The van der Waals surface area contributed by atoms with Crippen LogP contribution in [-0.2, 0) is 4.79 Å². The zero-order valence-electron chi connectivity index (χ0n) is 17.3. The molecule has 0 saturated carbocycles. The van der Waals surface area contributed by atoms with Crippen molar-refractivity contribution in [2.45, 2.75) is 26.7 Å². The number of carbonyl (C=O) groups excluding carboxylic acids is 1. The average Bonchev–Trinajstić information content (AvgIpc) is 3.40. The van der Waals surface area contributed by atoms with E-state index < -0.39 is 0 Å². The summed E-state index contributed by atoms with van der Waals surface area (Å²) < 4.78 is 10.3. The number of anilines is 2. The number of piperidine rings is 1. The number of benzene rings is 1. The van der Waals surface area contributed by atoms with Gasteiger partial charge in [-0.1, -0.05) is 6.07 Å². The van der Waals surface area contributed by atoms with Crippen LogP contribution in [0.15, 0.2) is 36.4 Å². The van der Waals surface area contributed by atoms with Crippen LogP contribution in [0, 0.1) is 19.8 Å². The molecule has 1 saturated heterocycles. The lowest BCUT2D eigenvalue weighted by atomic mass is 9.97. The number of nitrogens with one attached hydrogen (secondary N) is 1. The van der Waals surface area contributed by atoms with Crippen LogP contribution in [0.3, 0.4) is 0 Å². The molecule has 5 rings (SSSR count). The fourth-order valence-corrected chi connectivity index (χ4v) is 4.55. The summed E-state index contributed by atoms with van der Waals surface area (Å²) in [7, 11) is 0. The molecule has 1 amide bonds. The molecule has 1 aliphatic heterocycles. The summed E-state index contributed by atoms with van der Waals surface area (Å²) >= 11 is 1.15. The summed E-state index contributed by atoms with van der Waals surface area (Å²) in [5, 5.41) is 16.3. The standard InChI is InChI=1S/C21H22N8OS/c1-13-11-14(2)29(25-13)19-9-8-18(23-24-19)28-10-4-5-15(12-28)21(30)22-16-6-3-7-17-20(16)27-31-26-17/h3,6-9,11,15H,4-5,10,12H2,1-2H3,(H,22,30)/t15-/m1/s1. The zero-order chi connectivity index (χ0) is 21.4. The molecule has 1 N–H and O–H groups in total. The zero-order valence-corrected chi connectivity index (χ0v) is 18.1. The van der Waals surface area contributed by atoms with E-state index in [9.17, 15) is 4.79 Å². The molecular weight excluding hydrogens is 412 g/mol. The molecule has 0 spiro atoms. The van der Waals surface area contributed by atoms with Gasteiger partial charge in [0.1, 0.15) is 11.0 Å². The van der Waals surface area contributed by atoms with Crippen molar-refractivity contribution in [3.8, 4) is 5.82 Å². The van der Waals surface area contributed by atoms with Gasteiger partial charge in [-0.05, 0) is 57.0 Å². The molecule has 0 radical (unpaired) electrons. The van der Waals surface area contributed by atoms with E-state index in [4.69, 9.17) is 0 Å². The van der Waals surface area contributed by atoms with Crippen molar-refractivity contribution >= 4 is 40.2 Å². The second kappa shape index (κ2) is 8.03. The third kappa shape index (κ3) is 3.86. The highest BCUT2D eigenvalue weighted by atomic mass is 32.1. The lowest BCUT2D eigenvalue weighted by Crippen LogP contribution is -2.41. The van der Waals surface area contributed by atoms with Crippen LogP contribution in [0.2, 0.25) is 0 Å². The Labute approximate surface area is 183 Å². The maximum atomic E-state index is 13.0. The molecule has 1 atom stereocenters. The van der Waals surface area contributed by atoms with Crippen molar-refractivity contribution in [1.29, 1.82) is 0 Å². The number of rotatable bonds is 4. The average molecular weight is 435 g/mol. The first-order valence-corrected chi connectivity index (χ1v) is 11.0. The number of hydrogen-bond acceptors (Lipinski definition) is 8. The lowest BCUT2D eigenvalue weighted by molar-refractivity contribution is -0.120. The molecule has 1 aromatic carbocycles. The summed E-state index contributed by atoms with van der Waals surface area (Å²) in [6, 6.07) is 11.5. The van der Waals surface area contributed by atoms with Crippen molar-refractivity contribution in [3.63, 3.8) is 0 Å². The summed E-state index contributed by atoms with van der Waals surface area (Å²) in [4.78, 5) is 15.1. The molecule has 4 aromatic rings.